The molecule has 0 spiro atoms. The van der Waals surface area contributed by atoms with Crippen LogP contribution in [-0.2, 0) is 13.0 Å². The number of nitrogens with zero attached hydrogens (tertiary/aromatic N) is 4. The van der Waals surface area contributed by atoms with Gasteiger partial charge in [-0.25, -0.2) is 0 Å². The molecule has 0 bridgehead atoms. The molecule has 0 saturated heterocycles. The van der Waals surface area contributed by atoms with Crippen LogP contribution in [0.1, 0.15) is 33.5 Å². The van der Waals surface area contributed by atoms with Crippen LogP contribution in [0.4, 0.5) is 0 Å². The van der Waals surface area contributed by atoms with Crippen LogP contribution in [0.3, 0.4) is 0 Å². The Labute approximate surface area is 127 Å². The molecule has 1 aromatic heterocycles. The lowest BCUT2D eigenvalue weighted by molar-refractivity contribution is 0.625. The molecule has 0 aliphatic rings. The molecule has 0 aliphatic carbocycles. The highest BCUT2D eigenvalue weighted by Crippen LogP contribution is 1.95. The van der Waals surface area contributed by atoms with Gasteiger partial charge in [0, 0.05) is 32.6 Å². The summed E-state index contributed by atoms with van der Waals surface area (Å²) in [5, 5.41) is 14.6. The van der Waals surface area contributed by atoms with Crippen LogP contribution in [0.15, 0.2) is 23.5 Å². The van der Waals surface area contributed by atoms with E-state index in [1.165, 1.54) is 0 Å². The van der Waals surface area contributed by atoms with E-state index in [9.17, 15) is 0 Å². The van der Waals surface area contributed by atoms with Gasteiger partial charge < -0.3 is 15.2 Å². The minimum Gasteiger partial charge on any atom is -0.355 e. The summed E-state index contributed by atoms with van der Waals surface area (Å²) in [6.45, 7) is 15.4. The van der Waals surface area contributed by atoms with Crippen LogP contribution in [0, 0.1) is 5.92 Å². The Morgan fingerprint density at radius 2 is 2.19 bits per heavy atom. The second kappa shape index (κ2) is 9.15. The van der Waals surface area contributed by atoms with Crippen molar-refractivity contribution in [3.05, 3.63) is 24.3 Å². The summed E-state index contributed by atoms with van der Waals surface area (Å²) in [6, 6.07) is 0. The summed E-state index contributed by atoms with van der Waals surface area (Å²) < 4.78 is 2.06. The zero-order valence-corrected chi connectivity index (χ0v) is 13.7. The first-order valence-corrected chi connectivity index (χ1v) is 7.56. The molecule has 21 heavy (non-hydrogen) atoms. The molecule has 6 nitrogen and oxygen atoms in total. The van der Waals surface area contributed by atoms with Crippen molar-refractivity contribution in [1.29, 1.82) is 0 Å². The highest BCUT2D eigenvalue weighted by atomic mass is 15.3. The third kappa shape index (κ3) is 6.92. The Morgan fingerprint density at radius 3 is 2.81 bits per heavy atom. The quantitative estimate of drug-likeness (QED) is 0.434. The maximum Gasteiger partial charge on any atom is 0.191 e. The van der Waals surface area contributed by atoms with Gasteiger partial charge in [-0.2, -0.15) is 0 Å². The molecule has 0 amide bonds. The summed E-state index contributed by atoms with van der Waals surface area (Å²) in [6.07, 6.45) is 2.66. The first kappa shape index (κ1) is 17.2. The van der Waals surface area contributed by atoms with E-state index in [1.54, 1.807) is 6.33 Å². The number of guanidine groups is 1. The fourth-order valence-electron chi connectivity index (χ4n) is 1.72. The smallest absolute Gasteiger partial charge is 0.191 e. The van der Waals surface area contributed by atoms with Gasteiger partial charge in [-0.3, -0.25) is 4.99 Å². The minimum absolute atomic E-state index is 0.540. The van der Waals surface area contributed by atoms with Gasteiger partial charge in [0.1, 0.15) is 12.2 Å². The molecule has 6 heteroatoms. The summed E-state index contributed by atoms with van der Waals surface area (Å²) >= 11 is 0. The lowest BCUT2D eigenvalue weighted by Crippen LogP contribution is -2.40. The molecule has 0 atom stereocenters. The van der Waals surface area contributed by atoms with Crippen molar-refractivity contribution in [2.24, 2.45) is 10.9 Å². The second-order valence-electron chi connectivity index (χ2n) is 5.61. The van der Waals surface area contributed by atoms with E-state index in [2.05, 4.69) is 57.7 Å². The molecular weight excluding hydrogens is 264 g/mol. The molecule has 0 radical (unpaired) electrons. The summed E-state index contributed by atoms with van der Waals surface area (Å²) in [7, 11) is 0. The van der Waals surface area contributed by atoms with E-state index in [-0.39, 0.29) is 0 Å². The molecular formula is C15H28N6. The number of hydrogen-bond acceptors (Lipinski definition) is 3. The Morgan fingerprint density at radius 1 is 1.43 bits per heavy atom. The SMILES string of the molecule is C=C(C)CNC(=NCC(C)C)NCCn1cnnc1CC. The van der Waals surface area contributed by atoms with E-state index in [1.807, 2.05) is 6.92 Å². The van der Waals surface area contributed by atoms with Crippen molar-refractivity contribution in [3.8, 4) is 0 Å². The monoisotopic (exact) mass is 292 g/mol. The van der Waals surface area contributed by atoms with Crippen molar-refractivity contribution >= 4 is 5.96 Å². The van der Waals surface area contributed by atoms with Crippen LogP contribution in [0.25, 0.3) is 0 Å². The molecule has 118 valence electrons. The van der Waals surface area contributed by atoms with Gasteiger partial charge in [0.2, 0.25) is 0 Å². The van der Waals surface area contributed by atoms with Crippen LogP contribution >= 0.6 is 0 Å². The molecule has 0 fully saturated rings. The maximum atomic E-state index is 4.57. The molecule has 0 unspecified atom stereocenters. The van der Waals surface area contributed by atoms with Gasteiger partial charge in [-0.1, -0.05) is 32.9 Å². The number of rotatable bonds is 8. The Kier molecular flexibility index (Phi) is 7.50. The van der Waals surface area contributed by atoms with E-state index >= 15 is 0 Å². The van der Waals surface area contributed by atoms with Gasteiger partial charge in [0.15, 0.2) is 5.96 Å². The van der Waals surface area contributed by atoms with Crippen molar-refractivity contribution in [3.63, 3.8) is 0 Å². The van der Waals surface area contributed by atoms with Gasteiger partial charge >= 0.3 is 0 Å². The molecule has 1 rings (SSSR count). The predicted molar refractivity (Wildman–Crippen MR) is 87.4 cm³/mol. The van der Waals surface area contributed by atoms with Crippen LogP contribution in [0.5, 0.6) is 0 Å². The number of aromatic nitrogens is 3. The van der Waals surface area contributed by atoms with E-state index < -0.39 is 0 Å². The Balaban J connectivity index is 2.48. The fourth-order valence-corrected chi connectivity index (χ4v) is 1.72. The van der Waals surface area contributed by atoms with Gasteiger partial charge in [0.25, 0.3) is 0 Å². The average Bonchev–Trinajstić information content (AvgIpc) is 2.88. The number of hydrogen-bond donors (Lipinski definition) is 2. The topological polar surface area (TPSA) is 67.1 Å². The third-order valence-electron chi connectivity index (χ3n) is 2.83. The van der Waals surface area contributed by atoms with Crippen molar-refractivity contribution < 1.29 is 0 Å². The van der Waals surface area contributed by atoms with Crippen molar-refractivity contribution in [2.45, 2.75) is 40.7 Å². The molecule has 0 aliphatic heterocycles. The molecule has 0 aromatic carbocycles. The van der Waals surface area contributed by atoms with Crippen molar-refractivity contribution in [1.82, 2.24) is 25.4 Å². The van der Waals surface area contributed by atoms with Crippen molar-refractivity contribution in [2.75, 3.05) is 19.6 Å². The normalized spacial score (nSPS) is 11.8. The number of nitrogens with one attached hydrogen (secondary N) is 2. The second-order valence-corrected chi connectivity index (χ2v) is 5.61. The first-order chi connectivity index (χ1) is 10.0. The highest BCUT2D eigenvalue weighted by molar-refractivity contribution is 5.79. The number of aliphatic imine (C=N–C) groups is 1. The standard InChI is InChI=1S/C15H28N6/c1-6-14-20-19-11-21(14)8-7-16-15(17-9-12(2)3)18-10-13(4)5/h11,13H,2,6-10H2,1,3-5H3,(H2,16,17,18). The van der Waals surface area contributed by atoms with Crippen LogP contribution < -0.4 is 10.6 Å². The molecule has 1 heterocycles. The zero-order valence-electron chi connectivity index (χ0n) is 13.7. The maximum absolute atomic E-state index is 4.57. The first-order valence-electron chi connectivity index (χ1n) is 7.56. The molecule has 1 aromatic rings. The molecule has 0 saturated carbocycles. The van der Waals surface area contributed by atoms with Gasteiger partial charge in [0.05, 0.1) is 0 Å². The minimum atomic E-state index is 0.540. The van der Waals surface area contributed by atoms with E-state index in [0.717, 1.165) is 50.0 Å². The van der Waals surface area contributed by atoms with Crippen LogP contribution in [0.2, 0.25) is 0 Å². The summed E-state index contributed by atoms with van der Waals surface area (Å²) in [4.78, 5) is 4.57. The number of aryl methyl sites for hydroxylation is 1. The van der Waals surface area contributed by atoms with Gasteiger partial charge in [-0.15, -0.1) is 10.2 Å². The molecule has 2 N–H and O–H groups in total. The summed E-state index contributed by atoms with van der Waals surface area (Å²) in [5.74, 6) is 2.38. The largest absolute Gasteiger partial charge is 0.355 e. The van der Waals surface area contributed by atoms with Gasteiger partial charge in [-0.05, 0) is 12.8 Å². The van der Waals surface area contributed by atoms with E-state index in [0.29, 0.717) is 5.92 Å². The zero-order chi connectivity index (χ0) is 15.7. The average molecular weight is 292 g/mol. The Bertz CT molecular complexity index is 460. The highest BCUT2D eigenvalue weighted by Gasteiger charge is 2.03. The Hall–Kier alpha value is -1.85. The van der Waals surface area contributed by atoms with E-state index in [4.69, 9.17) is 0 Å². The summed E-state index contributed by atoms with van der Waals surface area (Å²) in [5.41, 5.74) is 1.08. The third-order valence-corrected chi connectivity index (χ3v) is 2.83. The lowest BCUT2D eigenvalue weighted by Gasteiger charge is -2.14. The van der Waals surface area contributed by atoms with Crippen LogP contribution in [-0.4, -0.2) is 40.4 Å². The predicted octanol–water partition coefficient (Wildman–Crippen LogP) is 1.61. The fraction of sp³-hybridized carbons (Fsp3) is 0.667. The lowest BCUT2D eigenvalue weighted by atomic mass is 10.2.